The molecular formula is C16H20N3O2+. The molecule has 0 saturated carbocycles. The molecule has 0 aliphatic heterocycles. The van der Waals surface area contributed by atoms with Gasteiger partial charge in [-0.05, 0) is 17.4 Å². The number of urea groups is 1. The van der Waals surface area contributed by atoms with Crippen molar-refractivity contribution in [3.05, 3.63) is 42.7 Å². The Kier molecular flexibility index (Phi) is 4.87. The molecule has 1 aromatic carbocycles. The van der Waals surface area contributed by atoms with Crippen LogP contribution in [0.5, 0.6) is 0 Å². The number of amides is 3. The Morgan fingerprint density at radius 3 is 2.57 bits per heavy atom. The van der Waals surface area contributed by atoms with Crippen molar-refractivity contribution in [2.24, 2.45) is 5.92 Å². The molecule has 0 radical (unpaired) electrons. The number of aromatic nitrogens is 1. The molecule has 3 amide bonds. The smallest absolute Gasteiger partial charge is 0.321 e. The standard InChI is InChI=1S/C16H19N3O2/c1-12(2)9-17-16(21)18-15(20)11-19-8-7-13-5-3-4-6-14(13)10-19/h3-8,10,12H,9,11H2,1-2H3,(H-,17,18,20,21)/p+1. The summed E-state index contributed by atoms with van der Waals surface area (Å²) in [5.41, 5.74) is 0. The van der Waals surface area contributed by atoms with Crippen LogP contribution in [0.3, 0.4) is 0 Å². The van der Waals surface area contributed by atoms with E-state index >= 15 is 0 Å². The van der Waals surface area contributed by atoms with Crippen LogP contribution >= 0.6 is 0 Å². The molecule has 0 fully saturated rings. The summed E-state index contributed by atoms with van der Waals surface area (Å²) in [5, 5.41) is 7.14. The molecule has 2 aromatic rings. The van der Waals surface area contributed by atoms with Crippen LogP contribution in [0.25, 0.3) is 10.8 Å². The van der Waals surface area contributed by atoms with Gasteiger partial charge >= 0.3 is 6.03 Å². The molecule has 5 heteroatoms. The zero-order valence-electron chi connectivity index (χ0n) is 12.3. The van der Waals surface area contributed by atoms with E-state index in [0.29, 0.717) is 12.5 Å². The van der Waals surface area contributed by atoms with Gasteiger partial charge in [0.25, 0.3) is 5.91 Å². The quantitative estimate of drug-likeness (QED) is 0.839. The van der Waals surface area contributed by atoms with E-state index in [2.05, 4.69) is 10.6 Å². The van der Waals surface area contributed by atoms with Crippen molar-refractivity contribution in [2.45, 2.75) is 20.4 Å². The highest BCUT2D eigenvalue weighted by Gasteiger charge is 2.13. The van der Waals surface area contributed by atoms with Gasteiger partial charge in [-0.15, -0.1) is 0 Å². The monoisotopic (exact) mass is 286 g/mol. The Hall–Kier alpha value is -2.43. The minimum absolute atomic E-state index is 0.111. The first-order valence-electron chi connectivity index (χ1n) is 7.00. The zero-order chi connectivity index (χ0) is 15.2. The lowest BCUT2D eigenvalue weighted by Crippen LogP contribution is -2.47. The van der Waals surface area contributed by atoms with Gasteiger partial charge in [-0.2, -0.15) is 4.57 Å². The number of fused-ring (bicyclic) bond motifs is 1. The number of imide groups is 1. The molecule has 2 N–H and O–H groups in total. The number of carbonyl (C=O) groups excluding carboxylic acids is 2. The molecule has 21 heavy (non-hydrogen) atoms. The lowest BCUT2D eigenvalue weighted by atomic mass is 10.2. The van der Waals surface area contributed by atoms with E-state index in [9.17, 15) is 9.59 Å². The van der Waals surface area contributed by atoms with Gasteiger partial charge in [-0.25, -0.2) is 4.79 Å². The highest BCUT2D eigenvalue weighted by atomic mass is 16.2. The Bertz CT molecular complexity index is 653. The van der Waals surface area contributed by atoms with Crippen molar-refractivity contribution < 1.29 is 14.2 Å². The first kappa shape index (κ1) is 15.0. The van der Waals surface area contributed by atoms with E-state index in [1.54, 1.807) is 4.57 Å². The molecule has 1 heterocycles. The van der Waals surface area contributed by atoms with Crippen LogP contribution in [0.1, 0.15) is 13.8 Å². The third kappa shape index (κ3) is 4.56. The Morgan fingerprint density at radius 1 is 1.14 bits per heavy atom. The van der Waals surface area contributed by atoms with E-state index in [0.717, 1.165) is 10.8 Å². The predicted molar refractivity (Wildman–Crippen MR) is 80.5 cm³/mol. The van der Waals surface area contributed by atoms with Gasteiger partial charge in [-0.1, -0.05) is 32.0 Å². The topological polar surface area (TPSA) is 62.1 Å². The van der Waals surface area contributed by atoms with Gasteiger partial charge in [0.05, 0.1) is 0 Å². The minimum atomic E-state index is -0.449. The molecule has 1 aromatic heterocycles. The van der Waals surface area contributed by atoms with Crippen molar-refractivity contribution in [1.82, 2.24) is 10.6 Å². The number of hydrogen-bond acceptors (Lipinski definition) is 2. The number of hydrogen-bond donors (Lipinski definition) is 2. The summed E-state index contributed by atoms with van der Waals surface area (Å²) in [5.74, 6) is 0.0113. The van der Waals surface area contributed by atoms with Crippen molar-refractivity contribution in [1.29, 1.82) is 0 Å². The molecule has 0 unspecified atom stereocenters. The summed E-state index contributed by atoms with van der Waals surface area (Å²) in [6.45, 7) is 4.64. The third-order valence-corrected chi connectivity index (χ3v) is 3.00. The average Bonchev–Trinajstić information content (AvgIpc) is 2.45. The molecule has 110 valence electrons. The van der Waals surface area contributed by atoms with Crippen LogP contribution in [-0.4, -0.2) is 18.5 Å². The van der Waals surface area contributed by atoms with E-state index < -0.39 is 6.03 Å². The fourth-order valence-corrected chi connectivity index (χ4v) is 1.95. The lowest BCUT2D eigenvalue weighted by molar-refractivity contribution is -0.683. The number of benzene rings is 1. The van der Waals surface area contributed by atoms with Crippen LogP contribution < -0.4 is 15.2 Å². The second kappa shape index (κ2) is 6.83. The van der Waals surface area contributed by atoms with E-state index in [4.69, 9.17) is 0 Å². The molecular weight excluding hydrogens is 266 g/mol. The molecule has 0 saturated heterocycles. The predicted octanol–water partition coefficient (Wildman–Crippen LogP) is 1.61. The highest BCUT2D eigenvalue weighted by molar-refractivity contribution is 5.93. The molecule has 0 aliphatic rings. The molecule has 0 bridgehead atoms. The summed E-state index contributed by atoms with van der Waals surface area (Å²) in [6, 6.07) is 9.42. The SMILES string of the molecule is CC(C)CNC(=O)NC(=O)C[n+]1ccc2ccccc2c1. The number of carbonyl (C=O) groups is 2. The van der Waals surface area contributed by atoms with Crippen molar-refractivity contribution >= 4 is 22.7 Å². The summed E-state index contributed by atoms with van der Waals surface area (Å²) >= 11 is 0. The summed E-state index contributed by atoms with van der Waals surface area (Å²) in [6.07, 6.45) is 3.72. The maximum absolute atomic E-state index is 11.8. The van der Waals surface area contributed by atoms with Crippen LogP contribution in [0.4, 0.5) is 4.79 Å². The average molecular weight is 286 g/mol. The van der Waals surface area contributed by atoms with Gasteiger partial charge in [0, 0.05) is 18.0 Å². The molecule has 0 atom stereocenters. The number of nitrogens with one attached hydrogen (secondary N) is 2. The second-order valence-electron chi connectivity index (χ2n) is 5.40. The Balaban J connectivity index is 1.93. The van der Waals surface area contributed by atoms with Crippen molar-refractivity contribution in [3.63, 3.8) is 0 Å². The number of pyridine rings is 1. The van der Waals surface area contributed by atoms with Crippen molar-refractivity contribution in [3.8, 4) is 0 Å². The number of rotatable bonds is 4. The van der Waals surface area contributed by atoms with E-state index in [1.165, 1.54) is 0 Å². The summed E-state index contributed by atoms with van der Waals surface area (Å²) in [7, 11) is 0. The van der Waals surface area contributed by atoms with Gasteiger partial charge in [0.2, 0.25) is 6.54 Å². The van der Waals surface area contributed by atoms with Gasteiger partial charge in [0.1, 0.15) is 0 Å². The maximum atomic E-state index is 11.8. The molecule has 0 spiro atoms. The molecule has 5 nitrogen and oxygen atoms in total. The first-order chi connectivity index (χ1) is 10.0. The van der Waals surface area contributed by atoms with Crippen molar-refractivity contribution in [2.75, 3.05) is 6.54 Å². The Labute approximate surface area is 124 Å². The Morgan fingerprint density at radius 2 is 1.86 bits per heavy atom. The highest BCUT2D eigenvalue weighted by Crippen LogP contribution is 2.09. The first-order valence-corrected chi connectivity index (χ1v) is 7.00. The third-order valence-electron chi connectivity index (χ3n) is 3.00. The van der Waals surface area contributed by atoms with Gasteiger partial charge in [-0.3, -0.25) is 10.1 Å². The zero-order valence-corrected chi connectivity index (χ0v) is 12.3. The lowest BCUT2D eigenvalue weighted by Gasteiger charge is -2.07. The van der Waals surface area contributed by atoms with Gasteiger partial charge in [0.15, 0.2) is 12.4 Å². The van der Waals surface area contributed by atoms with Crippen LogP contribution in [0, 0.1) is 5.92 Å². The minimum Gasteiger partial charge on any atom is -0.338 e. The van der Waals surface area contributed by atoms with E-state index in [1.807, 2.05) is 56.6 Å². The fourth-order valence-electron chi connectivity index (χ4n) is 1.95. The normalized spacial score (nSPS) is 10.6. The largest absolute Gasteiger partial charge is 0.338 e. The number of nitrogens with zero attached hydrogens (tertiary/aromatic N) is 1. The summed E-state index contributed by atoms with van der Waals surface area (Å²) in [4.78, 5) is 23.3. The molecule has 0 aliphatic carbocycles. The fraction of sp³-hybridized carbons (Fsp3) is 0.312. The van der Waals surface area contributed by atoms with Crippen LogP contribution in [-0.2, 0) is 11.3 Å². The van der Waals surface area contributed by atoms with Gasteiger partial charge < -0.3 is 5.32 Å². The van der Waals surface area contributed by atoms with E-state index in [-0.39, 0.29) is 12.5 Å². The summed E-state index contributed by atoms with van der Waals surface area (Å²) < 4.78 is 1.76. The molecule has 2 rings (SSSR count). The maximum Gasteiger partial charge on any atom is 0.321 e. The second-order valence-corrected chi connectivity index (χ2v) is 5.40. The van der Waals surface area contributed by atoms with Crippen LogP contribution in [0.15, 0.2) is 42.7 Å². The van der Waals surface area contributed by atoms with Crippen LogP contribution in [0.2, 0.25) is 0 Å².